The third-order valence-corrected chi connectivity index (χ3v) is 7.82. The van der Waals surface area contributed by atoms with E-state index in [1.165, 1.54) is 6.07 Å². The lowest BCUT2D eigenvalue weighted by molar-refractivity contribution is -0.137. The highest BCUT2D eigenvalue weighted by atomic mass is 19.4. The molecule has 41 heavy (non-hydrogen) atoms. The average Bonchev–Trinajstić information content (AvgIpc) is 3.36. The third-order valence-electron chi connectivity index (χ3n) is 7.82. The van der Waals surface area contributed by atoms with E-state index in [-0.39, 0.29) is 30.3 Å². The largest absolute Gasteiger partial charge is 0.481 e. The lowest BCUT2D eigenvalue weighted by Gasteiger charge is -2.39. The number of methoxy groups -OCH3 is 1. The van der Waals surface area contributed by atoms with Crippen LogP contribution in [0.5, 0.6) is 5.88 Å². The molecule has 4 rings (SSSR count). The zero-order chi connectivity index (χ0) is 29.6. The zero-order valence-corrected chi connectivity index (χ0v) is 23.2. The number of hydrogen-bond donors (Lipinski definition) is 3. The first kappa shape index (κ1) is 30.7. The van der Waals surface area contributed by atoms with Crippen molar-refractivity contribution in [1.82, 2.24) is 20.5 Å². The summed E-state index contributed by atoms with van der Waals surface area (Å²) in [6, 6.07) is 7.53. The SMILES string of the molecule is CCCO[C@H]1CN(C2CCC(O)(c3ccc(OC)nc3)CC2)C[C@@H]1NC(=O)CNC(=O)c1cccc(C(F)(F)F)c1. The fourth-order valence-electron chi connectivity index (χ4n) is 5.55. The van der Waals surface area contributed by atoms with Crippen LogP contribution in [0.25, 0.3) is 0 Å². The molecule has 2 aromatic rings. The van der Waals surface area contributed by atoms with Crippen molar-refractivity contribution in [3.05, 3.63) is 59.3 Å². The number of aliphatic hydroxyl groups is 1. The Morgan fingerprint density at radius 3 is 2.56 bits per heavy atom. The average molecular weight is 579 g/mol. The van der Waals surface area contributed by atoms with Crippen molar-refractivity contribution < 1.29 is 37.3 Å². The summed E-state index contributed by atoms with van der Waals surface area (Å²) in [5, 5.41) is 16.6. The summed E-state index contributed by atoms with van der Waals surface area (Å²) in [5.74, 6) is -0.725. The summed E-state index contributed by atoms with van der Waals surface area (Å²) in [6.07, 6.45) is 0.317. The van der Waals surface area contributed by atoms with Gasteiger partial charge in [-0.3, -0.25) is 14.5 Å². The number of alkyl halides is 3. The van der Waals surface area contributed by atoms with Crippen molar-refractivity contribution in [2.75, 3.05) is 33.4 Å². The van der Waals surface area contributed by atoms with Crippen molar-refractivity contribution in [2.24, 2.45) is 0 Å². The number of ether oxygens (including phenoxy) is 2. The molecule has 0 radical (unpaired) electrons. The van der Waals surface area contributed by atoms with Crippen LogP contribution in [0.1, 0.15) is 60.5 Å². The van der Waals surface area contributed by atoms with Gasteiger partial charge in [0, 0.05) is 49.1 Å². The molecular weight excluding hydrogens is 541 g/mol. The number of aromatic nitrogens is 1. The van der Waals surface area contributed by atoms with E-state index in [0.717, 1.165) is 43.0 Å². The molecule has 1 aliphatic heterocycles. The monoisotopic (exact) mass is 578 g/mol. The molecule has 0 bridgehead atoms. The minimum Gasteiger partial charge on any atom is -0.481 e. The van der Waals surface area contributed by atoms with Gasteiger partial charge in [0.1, 0.15) is 0 Å². The van der Waals surface area contributed by atoms with Crippen LogP contribution in [0.15, 0.2) is 42.6 Å². The number of pyridine rings is 1. The molecule has 3 N–H and O–H groups in total. The molecule has 2 aliphatic rings. The number of carbonyl (C=O) groups is 2. The van der Waals surface area contributed by atoms with Gasteiger partial charge in [0.2, 0.25) is 11.8 Å². The van der Waals surface area contributed by atoms with E-state index >= 15 is 0 Å². The zero-order valence-electron chi connectivity index (χ0n) is 23.2. The van der Waals surface area contributed by atoms with Crippen molar-refractivity contribution in [2.45, 2.75) is 69.0 Å². The molecular formula is C29H37F3N4O5. The van der Waals surface area contributed by atoms with Gasteiger partial charge in [-0.2, -0.15) is 13.2 Å². The maximum atomic E-state index is 13.0. The molecule has 1 saturated heterocycles. The van der Waals surface area contributed by atoms with E-state index in [0.29, 0.717) is 38.4 Å². The van der Waals surface area contributed by atoms with Crippen LogP contribution in [0.2, 0.25) is 0 Å². The number of hydrogen-bond acceptors (Lipinski definition) is 7. The Bertz CT molecular complexity index is 1190. The van der Waals surface area contributed by atoms with Gasteiger partial charge >= 0.3 is 6.18 Å². The highest BCUT2D eigenvalue weighted by Crippen LogP contribution is 2.39. The van der Waals surface area contributed by atoms with Gasteiger partial charge in [-0.05, 0) is 56.4 Å². The quantitative estimate of drug-likeness (QED) is 0.397. The molecule has 1 saturated carbocycles. The maximum Gasteiger partial charge on any atom is 0.416 e. The second-order valence-electron chi connectivity index (χ2n) is 10.7. The first-order valence-corrected chi connectivity index (χ1v) is 13.9. The van der Waals surface area contributed by atoms with Gasteiger partial charge in [0.25, 0.3) is 5.91 Å². The Morgan fingerprint density at radius 1 is 1.17 bits per heavy atom. The molecule has 0 spiro atoms. The van der Waals surface area contributed by atoms with Crippen LogP contribution in [-0.2, 0) is 21.3 Å². The predicted octanol–water partition coefficient (Wildman–Crippen LogP) is 3.26. The fourth-order valence-corrected chi connectivity index (χ4v) is 5.55. The summed E-state index contributed by atoms with van der Waals surface area (Å²) >= 11 is 0. The second-order valence-corrected chi connectivity index (χ2v) is 10.7. The Labute approximate surface area is 237 Å². The summed E-state index contributed by atoms with van der Waals surface area (Å²) in [7, 11) is 1.54. The summed E-state index contributed by atoms with van der Waals surface area (Å²) in [5.41, 5.74) is -1.30. The summed E-state index contributed by atoms with van der Waals surface area (Å²) < 4.78 is 50.1. The molecule has 2 fully saturated rings. The molecule has 1 aromatic carbocycles. The highest BCUT2D eigenvalue weighted by molar-refractivity contribution is 5.96. The molecule has 224 valence electrons. The van der Waals surface area contributed by atoms with Crippen LogP contribution in [0.3, 0.4) is 0 Å². The number of amides is 2. The van der Waals surface area contributed by atoms with E-state index in [9.17, 15) is 27.9 Å². The van der Waals surface area contributed by atoms with Gasteiger partial charge in [0.05, 0.1) is 37.0 Å². The first-order chi connectivity index (χ1) is 19.5. The van der Waals surface area contributed by atoms with E-state index < -0.39 is 29.2 Å². The number of nitrogens with zero attached hydrogens (tertiary/aromatic N) is 2. The minimum atomic E-state index is -4.57. The Morgan fingerprint density at radius 2 is 1.93 bits per heavy atom. The fraction of sp³-hybridized carbons (Fsp3) is 0.552. The van der Waals surface area contributed by atoms with E-state index in [1.54, 1.807) is 19.4 Å². The molecule has 1 aromatic heterocycles. The topological polar surface area (TPSA) is 113 Å². The number of halogens is 3. The number of likely N-dealkylation sites (tertiary alicyclic amines) is 1. The third kappa shape index (κ3) is 7.75. The van der Waals surface area contributed by atoms with Crippen molar-refractivity contribution >= 4 is 11.8 Å². The van der Waals surface area contributed by atoms with E-state index in [4.69, 9.17) is 9.47 Å². The van der Waals surface area contributed by atoms with Crippen LogP contribution < -0.4 is 15.4 Å². The first-order valence-electron chi connectivity index (χ1n) is 13.9. The molecule has 2 atom stereocenters. The van der Waals surface area contributed by atoms with Gasteiger partial charge in [-0.25, -0.2) is 4.98 Å². The number of carbonyl (C=O) groups excluding carboxylic acids is 2. The minimum absolute atomic E-state index is 0.175. The predicted molar refractivity (Wildman–Crippen MR) is 144 cm³/mol. The summed E-state index contributed by atoms with van der Waals surface area (Å²) in [6.45, 7) is 3.33. The maximum absolute atomic E-state index is 13.0. The smallest absolute Gasteiger partial charge is 0.416 e. The molecule has 2 amide bonds. The Balaban J connectivity index is 1.31. The number of nitrogens with one attached hydrogen (secondary N) is 2. The van der Waals surface area contributed by atoms with Crippen LogP contribution in [0, 0.1) is 0 Å². The van der Waals surface area contributed by atoms with E-state index in [2.05, 4.69) is 20.5 Å². The molecule has 2 heterocycles. The Hall–Kier alpha value is -3.22. The van der Waals surface area contributed by atoms with Crippen LogP contribution in [0.4, 0.5) is 13.2 Å². The lowest BCUT2D eigenvalue weighted by Crippen LogP contribution is -2.48. The molecule has 0 unspecified atom stereocenters. The van der Waals surface area contributed by atoms with Gasteiger partial charge < -0.3 is 25.2 Å². The summed E-state index contributed by atoms with van der Waals surface area (Å²) in [4.78, 5) is 31.6. The normalized spacial score (nSPS) is 25.1. The molecule has 12 heteroatoms. The highest BCUT2D eigenvalue weighted by Gasteiger charge is 2.42. The number of rotatable bonds is 10. The van der Waals surface area contributed by atoms with Crippen molar-refractivity contribution in [3.8, 4) is 5.88 Å². The van der Waals surface area contributed by atoms with Crippen LogP contribution in [-0.4, -0.2) is 78.3 Å². The standard InChI is InChI=1S/C29H37F3N4O5/c1-3-13-41-24-18-36(22-9-11-28(39,12-10-22)21-7-8-26(40-2)33-15-21)17-23(24)35-25(37)16-34-27(38)19-5-4-6-20(14-19)29(30,31)32/h4-8,14-15,22-24,39H,3,9-13,16-18H2,1-2H3,(H,34,38)(H,35,37)/t22?,23-,24-,28?/m0/s1. The van der Waals surface area contributed by atoms with Crippen molar-refractivity contribution in [3.63, 3.8) is 0 Å². The van der Waals surface area contributed by atoms with Gasteiger partial charge in [-0.1, -0.05) is 13.0 Å². The molecule has 1 aliphatic carbocycles. The second kappa shape index (κ2) is 13.2. The lowest BCUT2D eigenvalue weighted by atomic mass is 9.78. The number of benzene rings is 1. The van der Waals surface area contributed by atoms with E-state index in [1.807, 2.05) is 13.0 Å². The van der Waals surface area contributed by atoms with Crippen LogP contribution >= 0.6 is 0 Å². The van der Waals surface area contributed by atoms with Gasteiger partial charge in [-0.15, -0.1) is 0 Å². The van der Waals surface area contributed by atoms with Gasteiger partial charge in [0.15, 0.2) is 0 Å². The van der Waals surface area contributed by atoms with Crippen molar-refractivity contribution in [1.29, 1.82) is 0 Å². The Kier molecular flexibility index (Phi) is 9.88. The molecule has 9 nitrogen and oxygen atoms in total.